The molecule has 1 fully saturated rings. The highest BCUT2D eigenvalue weighted by Gasteiger charge is 2.31. The van der Waals surface area contributed by atoms with Crippen molar-refractivity contribution in [1.82, 2.24) is 13.8 Å². The summed E-state index contributed by atoms with van der Waals surface area (Å²) >= 11 is 5.85. The van der Waals surface area contributed by atoms with Gasteiger partial charge >= 0.3 is 0 Å². The van der Waals surface area contributed by atoms with E-state index in [9.17, 15) is 13.2 Å². The number of aromatic nitrogens is 1. The van der Waals surface area contributed by atoms with Crippen LogP contribution in [0.5, 0.6) is 0 Å². The SMILES string of the molecule is CN(CC(=O)N1CCCCCC1c1cccn1C)S(=O)(=O)c1ccc(Cl)cc1. The Kier molecular flexibility index (Phi) is 6.47. The number of sulfonamides is 1. The molecule has 1 saturated heterocycles. The van der Waals surface area contributed by atoms with Gasteiger partial charge in [-0.25, -0.2) is 8.42 Å². The average Bonchev–Trinajstić information content (AvgIpc) is 2.93. The van der Waals surface area contributed by atoms with Gasteiger partial charge in [0.05, 0.1) is 17.5 Å². The summed E-state index contributed by atoms with van der Waals surface area (Å²) in [5.41, 5.74) is 1.08. The van der Waals surface area contributed by atoms with Gasteiger partial charge in [0.2, 0.25) is 15.9 Å². The summed E-state index contributed by atoms with van der Waals surface area (Å²) in [5, 5.41) is 0.465. The molecule has 1 amide bonds. The number of likely N-dealkylation sites (tertiary alicyclic amines) is 1. The number of hydrogen-bond acceptors (Lipinski definition) is 3. The van der Waals surface area contributed by atoms with E-state index in [1.165, 1.54) is 31.3 Å². The number of carbonyl (C=O) groups is 1. The molecule has 1 aromatic heterocycles. The summed E-state index contributed by atoms with van der Waals surface area (Å²) in [6, 6.07) is 9.95. The van der Waals surface area contributed by atoms with Gasteiger partial charge in [-0.2, -0.15) is 4.31 Å². The highest BCUT2D eigenvalue weighted by Crippen LogP contribution is 2.30. The molecule has 6 nitrogen and oxygen atoms in total. The highest BCUT2D eigenvalue weighted by atomic mass is 35.5. The zero-order valence-electron chi connectivity index (χ0n) is 16.2. The third-order valence-corrected chi connectivity index (χ3v) is 7.35. The second-order valence-electron chi connectivity index (χ2n) is 7.21. The van der Waals surface area contributed by atoms with Gasteiger partial charge < -0.3 is 9.47 Å². The Morgan fingerprint density at radius 3 is 2.54 bits per heavy atom. The van der Waals surface area contributed by atoms with Crippen LogP contribution in [-0.2, 0) is 21.9 Å². The minimum absolute atomic E-state index is 0.0263. The molecule has 1 aliphatic heterocycles. The molecule has 3 rings (SSSR count). The van der Waals surface area contributed by atoms with Crippen molar-refractivity contribution in [3.63, 3.8) is 0 Å². The number of rotatable bonds is 5. The molecular weight excluding hydrogens is 398 g/mol. The third-order valence-electron chi connectivity index (χ3n) is 5.28. The van der Waals surface area contributed by atoms with Crippen LogP contribution in [-0.4, -0.2) is 48.2 Å². The number of carbonyl (C=O) groups excluding carboxylic acids is 1. The first-order chi connectivity index (χ1) is 13.3. The Labute approximate surface area is 171 Å². The van der Waals surface area contributed by atoms with Crippen LogP contribution in [0.3, 0.4) is 0 Å². The van der Waals surface area contributed by atoms with E-state index in [1.807, 2.05) is 34.8 Å². The van der Waals surface area contributed by atoms with Crippen molar-refractivity contribution in [1.29, 1.82) is 0 Å². The smallest absolute Gasteiger partial charge is 0.243 e. The molecule has 1 aliphatic rings. The molecule has 0 bridgehead atoms. The van der Waals surface area contributed by atoms with Crippen LogP contribution in [0.1, 0.15) is 37.4 Å². The highest BCUT2D eigenvalue weighted by molar-refractivity contribution is 7.89. The van der Waals surface area contributed by atoms with Crippen LogP contribution in [0, 0.1) is 0 Å². The summed E-state index contributed by atoms with van der Waals surface area (Å²) in [7, 11) is -0.342. The minimum atomic E-state index is -3.76. The van der Waals surface area contributed by atoms with E-state index in [1.54, 1.807) is 0 Å². The lowest BCUT2D eigenvalue weighted by atomic mass is 10.1. The maximum atomic E-state index is 13.1. The second-order valence-corrected chi connectivity index (χ2v) is 9.69. The van der Waals surface area contributed by atoms with E-state index in [0.717, 1.165) is 35.7 Å². The van der Waals surface area contributed by atoms with E-state index < -0.39 is 10.0 Å². The normalized spacial score (nSPS) is 18.3. The predicted octanol–water partition coefficient (Wildman–Crippen LogP) is 3.44. The van der Waals surface area contributed by atoms with Crippen molar-refractivity contribution in [3.05, 3.63) is 53.3 Å². The summed E-state index contributed by atoms with van der Waals surface area (Å²) in [6.45, 7) is 0.454. The van der Waals surface area contributed by atoms with Gasteiger partial charge in [-0.15, -0.1) is 0 Å². The predicted molar refractivity (Wildman–Crippen MR) is 110 cm³/mol. The number of nitrogens with zero attached hydrogens (tertiary/aromatic N) is 3. The van der Waals surface area contributed by atoms with E-state index >= 15 is 0 Å². The topological polar surface area (TPSA) is 62.6 Å². The van der Waals surface area contributed by atoms with Gasteiger partial charge in [-0.1, -0.05) is 24.4 Å². The van der Waals surface area contributed by atoms with Crippen molar-refractivity contribution < 1.29 is 13.2 Å². The quantitative estimate of drug-likeness (QED) is 0.740. The molecule has 2 heterocycles. The first-order valence-electron chi connectivity index (χ1n) is 9.43. The molecule has 1 aromatic carbocycles. The maximum Gasteiger partial charge on any atom is 0.243 e. The molecule has 1 atom stereocenters. The molecule has 2 aromatic rings. The number of likely N-dealkylation sites (N-methyl/N-ethyl adjacent to an activating group) is 1. The molecule has 0 aliphatic carbocycles. The summed E-state index contributed by atoms with van der Waals surface area (Å²) in [4.78, 5) is 15.1. The van der Waals surface area contributed by atoms with Crippen LogP contribution in [0.15, 0.2) is 47.5 Å². The number of aryl methyl sites for hydroxylation is 1. The lowest BCUT2D eigenvalue weighted by Crippen LogP contribution is -2.43. The van der Waals surface area contributed by atoms with E-state index in [2.05, 4.69) is 0 Å². The van der Waals surface area contributed by atoms with Crippen LogP contribution in [0.2, 0.25) is 5.02 Å². The number of halogens is 1. The van der Waals surface area contributed by atoms with Crippen LogP contribution in [0.4, 0.5) is 0 Å². The number of benzene rings is 1. The molecule has 8 heteroatoms. The molecule has 152 valence electrons. The fourth-order valence-electron chi connectivity index (χ4n) is 3.69. The van der Waals surface area contributed by atoms with Gasteiger partial charge in [-0.3, -0.25) is 4.79 Å². The molecular formula is C20H26ClN3O3S. The Bertz CT molecular complexity index is 924. The van der Waals surface area contributed by atoms with Crippen LogP contribution in [0.25, 0.3) is 0 Å². The zero-order valence-corrected chi connectivity index (χ0v) is 17.8. The monoisotopic (exact) mass is 423 g/mol. The number of amides is 1. The van der Waals surface area contributed by atoms with Crippen molar-refractivity contribution in [2.24, 2.45) is 7.05 Å². The summed E-state index contributed by atoms with van der Waals surface area (Å²) < 4.78 is 28.8. The first-order valence-corrected chi connectivity index (χ1v) is 11.2. The molecule has 0 radical (unpaired) electrons. The second kappa shape index (κ2) is 8.68. The molecule has 0 saturated carbocycles. The van der Waals surface area contributed by atoms with E-state index in [0.29, 0.717) is 11.6 Å². The van der Waals surface area contributed by atoms with Crippen molar-refractivity contribution >= 4 is 27.5 Å². The maximum absolute atomic E-state index is 13.1. The lowest BCUT2D eigenvalue weighted by molar-refractivity contribution is -0.133. The molecule has 28 heavy (non-hydrogen) atoms. The van der Waals surface area contributed by atoms with E-state index in [4.69, 9.17) is 11.6 Å². The Balaban J connectivity index is 1.79. The number of hydrogen-bond donors (Lipinski definition) is 0. The first kappa shape index (κ1) is 20.9. The molecule has 0 spiro atoms. The van der Waals surface area contributed by atoms with Gasteiger partial charge in [0.1, 0.15) is 0 Å². The Hall–Kier alpha value is -1.83. The molecule has 1 unspecified atom stereocenters. The Morgan fingerprint density at radius 1 is 1.18 bits per heavy atom. The van der Waals surface area contributed by atoms with Gasteiger partial charge in [0.25, 0.3) is 0 Å². The zero-order chi connectivity index (χ0) is 20.3. The van der Waals surface area contributed by atoms with Crippen molar-refractivity contribution in [2.75, 3.05) is 20.1 Å². The lowest BCUT2D eigenvalue weighted by Gasteiger charge is -2.32. The standard InChI is InChI=1S/C20H26ClN3O3S/c1-22-13-6-8-18(22)19-7-4-3-5-14-24(19)20(25)15-23(2)28(26,27)17-11-9-16(21)10-12-17/h6,8-13,19H,3-5,7,14-15H2,1-2H3. The van der Waals surface area contributed by atoms with Crippen molar-refractivity contribution in [2.45, 2.75) is 36.6 Å². The van der Waals surface area contributed by atoms with Crippen LogP contribution < -0.4 is 0 Å². The molecule has 0 N–H and O–H groups in total. The summed E-state index contributed by atoms with van der Waals surface area (Å²) in [5.74, 6) is -0.173. The minimum Gasteiger partial charge on any atom is -0.353 e. The van der Waals surface area contributed by atoms with E-state index in [-0.39, 0.29) is 23.4 Å². The largest absolute Gasteiger partial charge is 0.353 e. The summed E-state index contributed by atoms with van der Waals surface area (Å²) in [6.07, 6.45) is 5.92. The van der Waals surface area contributed by atoms with Gasteiger partial charge in [0, 0.05) is 37.6 Å². The van der Waals surface area contributed by atoms with Gasteiger partial charge in [-0.05, 0) is 49.2 Å². The van der Waals surface area contributed by atoms with Crippen LogP contribution >= 0.6 is 11.6 Å². The van der Waals surface area contributed by atoms with Gasteiger partial charge in [0.15, 0.2) is 0 Å². The van der Waals surface area contributed by atoms with Crippen molar-refractivity contribution in [3.8, 4) is 0 Å². The fourth-order valence-corrected chi connectivity index (χ4v) is 4.93. The average molecular weight is 424 g/mol. The Morgan fingerprint density at radius 2 is 1.89 bits per heavy atom. The third kappa shape index (κ3) is 4.42. The fraction of sp³-hybridized carbons (Fsp3) is 0.450.